The molecule has 0 aromatic heterocycles. The van der Waals surface area contributed by atoms with E-state index in [4.69, 9.17) is 23.7 Å². The minimum absolute atomic E-state index is 0.0250. The van der Waals surface area contributed by atoms with Crippen LogP contribution in [0.1, 0.15) is 29.8 Å². The van der Waals surface area contributed by atoms with Crippen LogP contribution in [-0.2, 0) is 4.79 Å². The van der Waals surface area contributed by atoms with E-state index in [1.165, 1.54) is 21.3 Å². The van der Waals surface area contributed by atoms with Crippen LogP contribution >= 0.6 is 0 Å². The average Bonchev–Trinajstić information content (AvgIpc) is 3.05. The molecule has 2 aromatic carbocycles. The summed E-state index contributed by atoms with van der Waals surface area (Å²) in [6.45, 7) is 3.61. The standard InChI is InChI=1S/C23H25NO7/c1-13(2)24-21(25)12-30-15-6-7-17-18(10-15)31-19(22(17)26)9-14-8-16(27-3)11-20(28-4)23(14)29-5/h6-11,13H,12H2,1-5H3,(H,24,25)/b19-9+. The molecule has 1 aliphatic rings. The third kappa shape index (κ3) is 4.91. The molecule has 0 unspecified atom stereocenters. The number of allylic oxidation sites excluding steroid dienone is 1. The second-order valence-electron chi connectivity index (χ2n) is 7.06. The molecule has 31 heavy (non-hydrogen) atoms. The van der Waals surface area contributed by atoms with Crippen molar-refractivity contribution in [3.8, 4) is 28.7 Å². The maximum absolute atomic E-state index is 12.8. The number of carbonyl (C=O) groups is 2. The molecule has 164 valence electrons. The molecule has 1 amide bonds. The van der Waals surface area contributed by atoms with Crippen molar-refractivity contribution in [1.29, 1.82) is 0 Å². The van der Waals surface area contributed by atoms with Crippen LogP contribution in [0.15, 0.2) is 36.1 Å². The van der Waals surface area contributed by atoms with Gasteiger partial charge in [-0.15, -0.1) is 0 Å². The van der Waals surface area contributed by atoms with Crippen LogP contribution < -0.4 is 29.0 Å². The molecular weight excluding hydrogens is 402 g/mol. The molecule has 8 heteroatoms. The molecule has 0 fully saturated rings. The Morgan fingerprint density at radius 2 is 1.84 bits per heavy atom. The summed E-state index contributed by atoms with van der Waals surface area (Å²) in [5.41, 5.74) is 0.968. The third-order valence-corrected chi connectivity index (χ3v) is 4.46. The Balaban J connectivity index is 1.84. The van der Waals surface area contributed by atoms with Crippen molar-refractivity contribution in [2.24, 2.45) is 0 Å². The van der Waals surface area contributed by atoms with Crippen molar-refractivity contribution in [1.82, 2.24) is 5.32 Å². The Bertz CT molecular complexity index is 1030. The summed E-state index contributed by atoms with van der Waals surface area (Å²) in [6, 6.07) is 8.25. The number of methoxy groups -OCH3 is 3. The van der Waals surface area contributed by atoms with Crippen molar-refractivity contribution in [3.63, 3.8) is 0 Å². The molecule has 0 radical (unpaired) electrons. The molecule has 3 rings (SSSR count). The van der Waals surface area contributed by atoms with E-state index in [0.717, 1.165) is 0 Å². The molecular formula is C23H25NO7. The number of nitrogens with one attached hydrogen (secondary N) is 1. The fourth-order valence-corrected chi connectivity index (χ4v) is 3.10. The second-order valence-corrected chi connectivity index (χ2v) is 7.06. The lowest BCUT2D eigenvalue weighted by atomic mass is 10.1. The second kappa shape index (κ2) is 9.42. The van der Waals surface area contributed by atoms with Gasteiger partial charge in [0.15, 0.2) is 23.9 Å². The van der Waals surface area contributed by atoms with Gasteiger partial charge in [0.05, 0.1) is 26.9 Å². The molecule has 0 saturated heterocycles. The van der Waals surface area contributed by atoms with Crippen molar-refractivity contribution < 1.29 is 33.3 Å². The Labute approximate surface area is 180 Å². The van der Waals surface area contributed by atoms with Gasteiger partial charge in [0.2, 0.25) is 5.78 Å². The maximum atomic E-state index is 12.8. The molecule has 1 aliphatic heterocycles. The largest absolute Gasteiger partial charge is 0.497 e. The molecule has 0 aliphatic carbocycles. The first-order chi connectivity index (χ1) is 14.9. The van der Waals surface area contributed by atoms with Crippen LogP contribution in [0.5, 0.6) is 28.7 Å². The van der Waals surface area contributed by atoms with Gasteiger partial charge in [-0.3, -0.25) is 9.59 Å². The third-order valence-electron chi connectivity index (χ3n) is 4.46. The minimum Gasteiger partial charge on any atom is -0.497 e. The number of rotatable bonds is 8. The zero-order valence-electron chi connectivity index (χ0n) is 18.1. The average molecular weight is 427 g/mol. The van der Waals surface area contributed by atoms with E-state index >= 15 is 0 Å². The molecule has 1 N–H and O–H groups in total. The number of ketones is 1. The van der Waals surface area contributed by atoms with Crippen molar-refractivity contribution in [2.75, 3.05) is 27.9 Å². The van der Waals surface area contributed by atoms with E-state index in [1.807, 2.05) is 13.8 Å². The highest BCUT2D eigenvalue weighted by Gasteiger charge is 2.28. The summed E-state index contributed by atoms with van der Waals surface area (Å²) >= 11 is 0. The van der Waals surface area contributed by atoms with Crippen molar-refractivity contribution >= 4 is 17.8 Å². The summed E-state index contributed by atoms with van der Waals surface area (Å²) in [4.78, 5) is 24.6. The smallest absolute Gasteiger partial charge is 0.258 e. The predicted octanol–water partition coefficient (Wildman–Crippen LogP) is 3.23. The Morgan fingerprint density at radius 3 is 2.48 bits per heavy atom. The van der Waals surface area contributed by atoms with E-state index in [9.17, 15) is 9.59 Å². The van der Waals surface area contributed by atoms with E-state index in [2.05, 4.69) is 5.32 Å². The molecule has 2 aromatic rings. The normalized spacial score (nSPS) is 13.6. The van der Waals surface area contributed by atoms with E-state index in [1.54, 1.807) is 36.4 Å². The van der Waals surface area contributed by atoms with E-state index in [-0.39, 0.29) is 30.1 Å². The zero-order chi connectivity index (χ0) is 22.5. The van der Waals surface area contributed by atoms with Gasteiger partial charge < -0.3 is 29.0 Å². The lowest BCUT2D eigenvalue weighted by molar-refractivity contribution is -0.123. The summed E-state index contributed by atoms with van der Waals surface area (Å²) in [7, 11) is 4.57. The fourth-order valence-electron chi connectivity index (χ4n) is 3.10. The minimum atomic E-state index is -0.275. The van der Waals surface area contributed by atoms with Crippen LogP contribution in [0, 0.1) is 0 Å². The van der Waals surface area contributed by atoms with Gasteiger partial charge >= 0.3 is 0 Å². The SMILES string of the molecule is COc1cc(/C=C2/Oc3cc(OCC(=O)NC(C)C)ccc3C2=O)c(OC)c(OC)c1. The molecule has 0 atom stereocenters. The first-order valence-electron chi connectivity index (χ1n) is 9.66. The Morgan fingerprint density at radius 1 is 1.06 bits per heavy atom. The first-order valence-corrected chi connectivity index (χ1v) is 9.66. The number of ether oxygens (including phenoxy) is 5. The predicted molar refractivity (Wildman–Crippen MR) is 114 cm³/mol. The van der Waals surface area contributed by atoms with Crippen LogP contribution in [0.25, 0.3) is 6.08 Å². The van der Waals surface area contributed by atoms with Gasteiger partial charge in [0, 0.05) is 23.7 Å². The lowest BCUT2D eigenvalue weighted by Gasteiger charge is -2.13. The van der Waals surface area contributed by atoms with Crippen LogP contribution in [0.2, 0.25) is 0 Å². The Kier molecular flexibility index (Phi) is 6.69. The summed E-state index contributed by atoms with van der Waals surface area (Å²) in [6.07, 6.45) is 1.57. The highest BCUT2D eigenvalue weighted by molar-refractivity contribution is 6.14. The number of Topliss-reactive ketones (excluding diaryl/α,β-unsaturated/α-hetero) is 1. The summed E-state index contributed by atoms with van der Waals surface area (Å²) < 4.78 is 27.4. The molecule has 0 bridgehead atoms. The topological polar surface area (TPSA) is 92.3 Å². The quantitative estimate of drug-likeness (QED) is 0.647. The van der Waals surface area contributed by atoms with Gasteiger partial charge in [-0.1, -0.05) is 0 Å². The fraction of sp³-hybridized carbons (Fsp3) is 0.304. The van der Waals surface area contributed by atoms with Gasteiger partial charge in [-0.05, 0) is 38.1 Å². The van der Waals surface area contributed by atoms with Crippen LogP contribution in [-0.4, -0.2) is 45.7 Å². The Hall–Kier alpha value is -3.68. The van der Waals surface area contributed by atoms with E-state index < -0.39 is 0 Å². The molecule has 0 saturated carbocycles. The number of carbonyl (C=O) groups excluding carboxylic acids is 2. The number of amides is 1. The zero-order valence-corrected chi connectivity index (χ0v) is 18.1. The monoisotopic (exact) mass is 427 g/mol. The van der Waals surface area contributed by atoms with Gasteiger partial charge in [-0.2, -0.15) is 0 Å². The number of fused-ring (bicyclic) bond motifs is 1. The highest BCUT2D eigenvalue weighted by atomic mass is 16.5. The van der Waals surface area contributed by atoms with Crippen LogP contribution in [0.4, 0.5) is 0 Å². The number of benzene rings is 2. The summed E-state index contributed by atoms with van der Waals surface area (Å²) in [5.74, 6) is 1.85. The first kappa shape index (κ1) is 22.0. The lowest BCUT2D eigenvalue weighted by Crippen LogP contribution is -2.34. The molecule has 1 heterocycles. The molecule has 0 spiro atoms. The summed E-state index contributed by atoms with van der Waals surface area (Å²) in [5, 5.41) is 2.75. The van der Waals surface area contributed by atoms with E-state index in [0.29, 0.717) is 39.9 Å². The van der Waals surface area contributed by atoms with Gasteiger partial charge in [0.25, 0.3) is 5.91 Å². The number of hydrogen-bond donors (Lipinski definition) is 1. The van der Waals surface area contributed by atoms with Crippen molar-refractivity contribution in [2.45, 2.75) is 19.9 Å². The molecule has 8 nitrogen and oxygen atoms in total. The number of hydrogen-bond acceptors (Lipinski definition) is 7. The van der Waals surface area contributed by atoms with Gasteiger partial charge in [-0.25, -0.2) is 0 Å². The van der Waals surface area contributed by atoms with Crippen LogP contribution in [0.3, 0.4) is 0 Å². The van der Waals surface area contributed by atoms with Gasteiger partial charge in [0.1, 0.15) is 17.2 Å². The maximum Gasteiger partial charge on any atom is 0.258 e. The van der Waals surface area contributed by atoms with Crippen molar-refractivity contribution in [3.05, 3.63) is 47.2 Å². The highest BCUT2D eigenvalue weighted by Crippen LogP contribution is 2.39.